The number of carbonyl (C=O) groups is 1. The summed E-state index contributed by atoms with van der Waals surface area (Å²) in [5, 5.41) is 0. The van der Waals surface area contributed by atoms with Gasteiger partial charge in [-0.2, -0.15) is 0 Å². The summed E-state index contributed by atoms with van der Waals surface area (Å²) in [5.41, 5.74) is 2.39. The minimum absolute atomic E-state index is 0.0509. The number of hydrogen-bond donors (Lipinski definition) is 0. The molecule has 1 aliphatic heterocycles. The molecule has 5 rings (SSSR count). The van der Waals surface area contributed by atoms with E-state index >= 15 is 0 Å². The summed E-state index contributed by atoms with van der Waals surface area (Å²) in [4.78, 5) is 32.1. The van der Waals surface area contributed by atoms with Crippen LogP contribution in [0.15, 0.2) is 90.7 Å². The third-order valence-corrected chi connectivity index (χ3v) is 8.76. The zero-order valence-corrected chi connectivity index (χ0v) is 26.8. The van der Waals surface area contributed by atoms with Crippen LogP contribution in [0.4, 0.5) is 4.39 Å². The Morgan fingerprint density at radius 1 is 1.12 bits per heavy atom. The number of rotatable bonds is 8. The molecule has 2 heterocycles. The molecule has 0 radical (unpaired) electrons. The molecule has 11 heteroatoms. The number of methoxy groups -OCH3 is 1. The highest BCUT2D eigenvalue weighted by molar-refractivity contribution is 9.11. The summed E-state index contributed by atoms with van der Waals surface area (Å²) in [6.45, 7) is 3.72. The van der Waals surface area contributed by atoms with Gasteiger partial charge in [0, 0.05) is 5.56 Å². The van der Waals surface area contributed by atoms with Crippen molar-refractivity contribution in [2.75, 3.05) is 13.7 Å². The average molecular weight is 716 g/mol. The predicted molar refractivity (Wildman–Crippen MR) is 166 cm³/mol. The Labute approximate surface area is 261 Å². The van der Waals surface area contributed by atoms with E-state index in [2.05, 4.69) is 36.9 Å². The van der Waals surface area contributed by atoms with Gasteiger partial charge in [0.1, 0.15) is 23.9 Å². The van der Waals surface area contributed by atoms with Crippen molar-refractivity contribution >= 4 is 55.2 Å². The van der Waals surface area contributed by atoms with Crippen molar-refractivity contribution in [3.8, 4) is 11.5 Å². The number of nitrogens with zero attached hydrogens (tertiary/aromatic N) is 2. The van der Waals surface area contributed by atoms with Gasteiger partial charge in [0.2, 0.25) is 0 Å². The van der Waals surface area contributed by atoms with Crippen LogP contribution in [0, 0.1) is 5.82 Å². The second kappa shape index (κ2) is 12.8. The molecule has 0 bridgehead atoms. The molecule has 1 atom stereocenters. The van der Waals surface area contributed by atoms with Gasteiger partial charge in [-0.05, 0) is 93.2 Å². The first-order valence-corrected chi connectivity index (χ1v) is 15.3. The lowest BCUT2D eigenvalue weighted by atomic mass is 9.96. The predicted octanol–water partition coefficient (Wildman–Crippen LogP) is 6.05. The van der Waals surface area contributed by atoms with Crippen LogP contribution in [0.2, 0.25) is 0 Å². The lowest BCUT2D eigenvalue weighted by Gasteiger charge is -2.24. The summed E-state index contributed by atoms with van der Waals surface area (Å²) in [7, 11) is 1.57. The smallest absolute Gasteiger partial charge is 0.338 e. The van der Waals surface area contributed by atoms with Gasteiger partial charge in [-0.1, -0.05) is 41.7 Å². The van der Waals surface area contributed by atoms with Crippen molar-refractivity contribution in [2.24, 2.45) is 4.99 Å². The number of benzene rings is 3. The third kappa shape index (κ3) is 5.99. The Hall–Kier alpha value is -3.54. The van der Waals surface area contributed by atoms with Crippen LogP contribution in [0.3, 0.4) is 0 Å². The van der Waals surface area contributed by atoms with Gasteiger partial charge in [-0.15, -0.1) is 0 Å². The highest BCUT2D eigenvalue weighted by Gasteiger charge is 2.33. The number of halogens is 3. The molecular weight excluding hydrogens is 691 g/mol. The Bertz CT molecular complexity index is 1860. The van der Waals surface area contributed by atoms with Gasteiger partial charge >= 0.3 is 5.97 Å². The largest absolute Gasteiger partial charge is 0.497 e. The first-order chi connectivity index (χ1) is 20.2. The van der Waals surface area contributed by atoms with Crippen LogP contribution >= 0.6 is 43.2 Å². The second-order valence-corrected chi connectivity index (χ2v) is 12.0. The zero-order valence-electron chi connectivity index (χ0n) is 22.8. The van der Waals surface area contributed by atoms with Crippen molar-refractivity contribution in [3.05, 3.63) is 123 Å². The summed E-state index contributed by atoms with van der Waals surface area (Å²) in [5.74, 6) is 0.298. The maximum atomic E-state index is 14.1. The second-order valence-electron chi connectivity index (χ2n) is 9.27. The maximum absolute atomic E-state index is 14.1. The number of esters is 1. The topological polar surface area (TPSA) is 79.1 Å². The molecule has 216 valence electrons. The fraction of sp³-hybridized carbons (Fsp3) is 0.194. The van der Waals surface area contributed by atoms with E-state index in [1.54, 1.807) is 57.4 Å². The van der Waals surface area contributed by atoms with Crippen molar-refractivity contribution in [1.82, 2.24) is 4.57 Å². The Balaban J connectivity index is 1.56. The lowest BCUT2D eigenvalue weighted by molar-refractivity contribution is -0.139. The molecule has 0 amide bonds. The van der Waals surface area contributed by atoms with Gasteiger partial charge in [-0.25, -0.2) is 14.2 Å². The summed E-state index contributed by atoms with van der Waals surface area (Å²) in [6, 6.07) is 16.6. The fourth-order valence-corrected chi connectivity index (χ4v) is 7.11. The number of aromatic nitrogens is 1. The average Bonchev–Trinajstić information content (AvgIpc) is 3.26. The number of fused-ring (bicyclic) bond motifs is 1. The molecule has 0 saturated heterocycles. The van der Waals surface area contributed by atoms with E-state index in [0.29, 0.717) is 46.6 Å². The van der Waals surface area contributed by atoms with Crippen LogP contribution in [-0.4, -0.2) is 24.3 Å². The molecule has 0 fully saturated rings. The maximum Gasteiger partial charge on any atom is 0.338 e. The fourth-order valence-electron chi connectivity index (χ4n) is 4.61. The number of allylic oxidation sites excluding steroid dienone is 1. The minimum Gasteiger partial charge on any atom is -0.497 e. The normalized spacial score (nSPS) is 14.8. The van der Waals surface area contributed by atoms with E-state index in [1.807, 2.05) is 24.3 Å². The molecule has 1 aliphatic rings. The molecule has 42 heavy (non-hydrogen) atoms. The molecule has 0 spiro atoms. The monoisotopic (exact) mass is 714 g/mol. The molecule has 7 nitrogen and oxygen atoms in total. The van der Waals surface area contributed by atoms with Crippen molar-refractivity contribution in [2.45, 2.75) is 26.5 Å². The van der Waals surface area contributed by atoms with Crippen LogP contribution in [0.5, 0.6) is 11.5 Å². The lowest BCUT2D eigenvalue weighted by Crippen LogP contribution is -2.39. The van der Waals surface area contributed by atoms with Crippen LogP contribution < -0.4 is 24.4 Å². The molecule has 0 saturated carbocycles. The van der Waals surface area contributed by atoms with E-state index in [0.717, 1.165) is 11.1 Å². The van der Waals surface area contributed by atoms with E-state index in [1.165, 1.54) is 22.0 Å². The van der Waals surface area contributed by atoms with Crippen molar-refractivity contribution < 1.29 is 23.4 Å². The molecule has 0 aliphatic carbocycles. The van der Waals surface area contributed by atoms with Gasteiger partial charge in [-0.3, -0.25) is 9.36 Å². The number of ether oxygens (including phenoxy) is 3. The SMILES string of the molecule is CCOC(=O)C1=C(C)N=c2sc(=Cc3cc(Br)c(OCc4ccccc4F)c(Br)c3)c(=O)n2C1c1ccc(OC)cc1. The molecule has 1 aromatic heterocycles. The Kier molecular flexibility index (Phi) is 9.10. The van der Waals surface area contributed by atoms with Gasteiger partial charge in [0.15, 0.2) is 4.80 Å². The van der Waals surface area contributed by atoms with Crippen LogP contribution in [0.25, 0.3) is 6.08 Å². The Morgan fingerprint density at radius 2 is 1.81 bits per heavy atom. The summed E-state index contributed by atoms with van der Waals surface area (Å²) >= 11 is 8.32. The number of carbonyl (C=O) groups excluding carboxylic acids is 1. The molecule has 1 unspecified atom stereocenters. The van der Waals surface area contributed by atoms with Crippen molar-refractivity contribution in [1.29, 1.82) is 0 Å². The van der Waals surface area contributed by atoms with Crippen molar-refractivity contribution in [3.63, 3.8) is 0 Å². The highest BCUT2D eigenvalue weighted by atomic mass is 79.9. The van der Waals surface area contributed by atoms with Gasteiger partial charge in [0.25, 0.3) is 5.56 Å². The minimum atomic E-state index is -0.721. The zero-order chi connectivity index (χ0) is 30.0. The first kappa shape index (κ1) is 29.9. The van der Waals surface area contributed by atoms with E-state index in [9.17, 15) is 14.0 Å². The van der Waals surface area contributed by atoms with E-state index < -0.39 is 12.0 Å². The highest BCUT2D eigenvalue weighted by Crippen LogP contribution is 2.36. The third-order valence-electron chi connectivity index (χ3n) is 6.60. The van der Waals surface area contributed by atoms with Crippen LogP contribution in [0.1, 0.15) is 36.6 Å². The summed E-state index contributed by atoms with van der Waals surface area (Å²) < 4.78 is 33.8. The number of hydrogen-bond acceptors (Lipinski definition) is 7. The standard InChI is InChI=1S/C31H25Br2FN2O5S/c1-4-40-30(38)26-17(2)35-31-36(27(26)19-9-11-21(39-3)12-10-19)29(37)25(42-31)15-18-13-22(32)28(23(33)14-18)41-16-20-7-5-6-8-24(20)34/h5-15,27H,4,16H2,1-3H3. The first-order valence-electron chi connectivity index (χ1n) is 12.9. The van der Waals surface area contributed by atoms with E-state index in [4.69, 9.17) is 14.2 Å². The molecular formula is C31H25Br2FN2O5S. The molecule has 0 N–H and O–H groups in total. The molecule has 3 aromatic carbocycles. The number of thiazole rings is 1. The van der Waals surface area contributed by atoms with Gasteiger partial charge < -0.3 is 14.2 Å². The van der Waals surface area contributed by atoms with Gasteiger partial charge in [0.05, 0.1) is 44.5 Å². The van der Waals surface area contributed by atoms with E-state index in [-0.39, 0.29) is 24.6 Å². The quantitative estimate of drug-likeness (QED) is 0.208. The molecule has 4 aromatic rings. The van der Waals surface area contributed by atoms with Crippen LogP contribution in [-0.2, 0) is 16.1 Å². The summed E-state index contributed by atoms with van der Waals surface area (Å²) in [6.07, 6.45) is 1.76. The Morgan fingerprint density at radius 3 is 2.45 bits per heavy atom.